The first-order chi connectivity index (χ1) is 7.16. The number of likely N-dealkylation sites (tertiary alicyclic amines) is 1. The molecule has 82 valence electrons. The van der Waals surface area contributed by atoms with Gasteiger partial charge >= 0.3 is 0 Å². The Bertz CT molecular complexity index is 364. The lowest BCUT2D eigenvalue weighted by Crippen LogP contribution is -2.36. The quantitative estimate of drug-likeness (QED) is 0.657. The summed E-state index contributed by atoms with van der Waals surface area (Å²) < 4.78 is 4.36. The fourth-order valence-corrected chi connectivity index (χ4v) is 1.66. The van der Waals surface area contributed by atoms with Crippen molar-refractivity contribution in [2.45, 2.75) is 12.5 Å². The highest BCUT2D eigenvalue weighted by Crippen LogP contribution is 2.09. The van der Waals surface area contributed by atoms with Crippen LogP contribution in [-0.2, 0) is 0 Å². The van der Waals surface area contributed by atoms with Crippen LogP contribution in [0.2, 0.25) is 0 Å². The first-order valence-electron chi connectivity index (χ1n) is 4.74. The van der Waals surface area contributed by atoms with Crippen LogP contribution in [0.15, 0.2) is 4.63 Å². The molecule has 2 rings (SSSR count). The molecule has 0 bridgehead atoms. The first kappa shape index (κ1) is 9.91. The second-order valence-electron chi connectivity index (χ2n) is 3.72. The first-order valence-corrected chi connectivity index (χ1v) is 4.74. The second-order valence-corrected chi connectivity index (χ2v) is 3.72. The van der Waals surface area contributed by atoms with E-state index in [-0.39, 0.29) is 23.5 Å². The maximum absolute atomic E-state index is 11.6. The number of aromatic nitrogens is 2. The molecule has 1 amide bonds. The summed E-state index contributed by atoms with van der Waals surface area (Å²) in [6.45, 7) is 1.83. The van der Waals surface area contributed by atoms with Crippen LogP contribution >= 0.6 is 0 Å². The third kappa shape index (κ3) is 2.07. The summed E-state index contributed by atoms with van der Waals surface area (Å²) in [4.78, 5) is 13.8. The SMILES string of the molecule is CN1CCC(NC(=O)c2nonc2N)C1. The van der Waals surface area contributed by atoms with Gasteiger partial charge < -0.3 is 16.0 Å². The van der Waals surface area contributed by atoms with Crippen LogP contribution in [0.1, 0.15) is 16.9 Å². The average molecular weight is 211 g/mol. The van der Waals surface area contributed by atoms with Crippen LogP contribution in [0.25, 0.3) is 0 Å². The lowest BCUT2D eigenvalue weighted by atomic mass is 10.2. The lowest BCUT2D eigenvalue weighted by molar-refractivity contribution is 0.0929. The van der Waals surface area contributed by atoms with Crippen molar-refractivity contribution in [1.29, 1.82) is 0 Å². The van der Waals surface area contributed by atoms with E-state index >= 15 is 0 Å². The number of carbonyl (C=O) groups is 1. The zero-order valence-corrected chi connectivity index (χ0v) is 8.43. The standard InChI is InChI=1S/C8H13N5O2/c1-13-3-2-5(4-13)10-8(14)6-7(9)12-15-11-6/h5H,2-4H2,1H3,(H2,9,12)(H,10,14). The molecule has 1 atom stereocenters. The van der Waals surface area contributed by atoms with Crippen molar-refractivity contribution in [2.75, 3.05) is 25.9 Å². The Kier molecular flexibility index (Phi) is 2.55. The molecule has 0 radical (unpaired) electrons. The molecule has 1 aliphatic rings. The van der Waals surface area contributed by atoms with Gasteiger partial charge in [0.1, 0.15) is 0 Å². The van der Waals surface area contributed by atoms with Gasteiger partial charge in [-0.05, 0) is 30.3 Å². The molecule has 1 unspecified atom stereocenters. The van der Waals surface area contributed by atoms with Gasteiger partial charge in [-0.3, -0.25) is 4.79 Å². The van der Waals surface area contributed by atoms with Crippen molar-refractivity contribution in [3.05, 3.63) is 5.69 Å². The van der Waals surface area contributed by atoms with E-state index < -0.39 is 0 Å². The summed E-state index contributed by atoms with van der Waals surface area (Å²) in [5, 5.41) is 9.62. The average Bonchev–Trinajstić information content (AvgIpc) is 2.75. The minimum absolute atomic E-state index is 0.0267. The highest BCUT2D eigenvalue weighted by Gasteiger charge is 2.24. The van der Waals surface area contributed by atoms with Crippen LogP contribution in [0, 0.1) is 0 Å². The largest absolute Gasteiger partial charge is 0.379 e. The van der Waals surface area contributed by atoms with Crippen LogP contribution in [0.3, 0.4) is 0 Å². The maximum Gasteiger partial charge on any atom is 0.277 e. The zero-order chi connectivity index (χ0) is 10.8. The third-order valence-corrected chi connectivity index (χ3v) is 2.46. The fourth-order valence-electron chi connectivity index (χ4n) is 1.66. The van der Waals surface area contributed by atoms with Gasteiger partial charge in [-0.1, -0.05) is 0 Å². The number of carbonyl (C=O) groups excluding carboxylic acids is 1. The molecule has 2 heterocycles. The summed E-state index contributed by atoms with van der Waals surface area (Å²) in [5.41, 5.74) is 5.46. The molecule has 0 aliphatic carbocycles. The Morgan fingerprint density at radius 2 is 2.47 bits per heavy atom. The number of nitrogens with one attached hydrogen (secondary N) is 1. The molecular formula is C8H13N5O2. The van der Waals surface area contributed by atoms with E-state index in [0.29, 0.717) is 0 Å². The van der Waals surface area contributed by atoms with Gasteiger partial charge in [-0.15, -0.1) is 0 Å². The smallest absolute Gasteiger partial charge is 0.277 e. The Labute approximate surface area is 86.6 Å². The molecule has 1 aliphatic heterocycles. The van der Waals surface area contributed by atoms with E-state index in [1.807, 2.05) is 7.05 Å². The second kappa shape index (κ2) is 3.85. The molecule has 0 spiro atoms. The Balaban J connectivity index is 1.96. The normalized spacial score (nSPS) is 21.8. The fraction of sp³-hybridized carbons (Fsp3) is 0.625. The van der Waals surface area contributed by atoms with Gasteiger partial charge in [0, 0.05) is 12.6 Å². The van der Waals surface area contributed by atoms with Crippen LogP contribution in [0.5, 0.6) is 0 Å². The van der Waals surface area contributed by atoms with Gasteiger partial charge in [0.25, 0.3) is 5.91 Å². The van der Waals surface area contributed by atoms with Crippen molar-refractivity contribution in [1.82, 2.24) is 20.5 Å². The van der Waals surface area contributed by atoms with E-state index in [4.69, 9.17) is 5.73 Å². The van der Waals surface area contributed by atoms with Gasteiger partial charge in [0.15, 0.2) is 0 Å². The summed E-state index contributed by atoms with van der Waals surface area (Å²) in [6.07, 6.45) is 0.938. The zero-order valence-electron chi connectivity index (χ0n) is 8.43. The topological polar surface area (TPSA) is 97.3 Å². The minimum atomic E-state index is -0.325. The van der Waals surface area contributed by atoms with E-state index in [1.54, 1.807) is 0 Å². The molecule has 3 N–H and O–H groups in total. The predicted molar refractivity (Wildman–Crippen MR) is 52.1 cm³/mol. The monoisotopic (exact) mass is 211 g/mol. The molecule has 1 aromatic rings. The number of likely N-dealkylation sites (N-methyl/N-ethyl adjacent to an activating group) is 1. The number of hydrogen-bond acceptors (Lipinski definition) is 6. The van der Waals surface area contributed by atoms with E-state index in [0.717, 1.165) is 19.5 Å². The molecule has 7 nitrogen and oxygen atoms in total. The molecule has 7 heteroatoms. The molecule has 15 heavy (non-hydrogen) atoms. The van der Waals surface area contributed by atoms with Gasteiger partial charge in [-0.2, -0.15) is 0 Å². The van der Waals surface area contributed by atoms with Crippen molar-refractivity contribution in [3.8, 4) is 0 Å². The highest BCUT2D eigenvalue weighted by molar-refractivity contribution is 5.96. The van der Waals surface area contributed by atoms with Crippen molar-refractivity contribution in [3.63, 3.8) is 0 Å². The predicted octanol–water partition coefficient (Wildman–Crippen LogP) is -0.914. The van der Waals surface area contributed by atoms with Crippen LogP contribution < -0.4 is 11.1 Å². The lowest BCUT2D eigenvalue weighted by Gasteiger charge is -2.11. The summed E-state index contributed by atoms with van der Waals surface area (Å²) in [7, 11) is 2.01. The van der Waals surface area contributed by atoms with Crippen LogP contribution in [-0.4, -0.2) is 47.3 Å². The summed E-state index contributed by atoms with van der Waals surface area (Å²) in [5.74, 6) is -0.298. The number of rotatable bonds is 2. The summed E-state index contributed by atoms with van der Waals surface area (Å²) in [6, 6.07) is 0.151. The molecular weight excluding hydrogens is 198 g/mol. The van der Waals surface area contributed by atoms with E-state index in [1.165, 1.54) is 0 Å². The summed E-state index contributed by atoms with van der Waals surface area (Å²) >= 11 is 0. The number of hydrogen-bond donors (Lipinski definition) is 2. The van der Waals surface area contributed by atoms with Crippen molar-refractivity contribution < 1.29 is 9.42 Å². The Hall–Kier alpha value is -1.63. The molecule has 1 saturated heterocycles. The molecule has 1 aromatic heterocycles. The van der Waals surface area contributed by atoms with Gasteiger partial charge in [0.05, 0.1) is 0 Å². The number of nitrogens with two attached hydrogens (primary N) is 1. The van der Waals surface area contributed by atoms with Crippen molar-refractivity contribution >= 4 is 11.7 Å². The number of amides is 1. The van der Waals surface area contributed by atoms with Gasteiger partial charge in [-0.25, -0.2) is 4.63 Å². The Morgan fingerprint density at radius 1 is 1.67 bits per heavy atom. The maximum atomic E-state index is 11.6. The molecule has 0 aromatic carbocycles. The third-order valence-electron chi connectivity index (χ3n) is 2.46. The van der Waals surface area contributed by atoms with E-state index in [9.17, 15) is 4.79 Å². The highest BCUT2D eigenvalue weighted by atomic mass is 16.6. The number of nitrogens with zero attached hydrogens (tertiary/aromatic N) is 3. The van der Waals surface area contributed by atoms with Gasteiger partial charge in [0.2, 0.25) is 11.5 Å². The minimum Gasteiger partial charge on any atom is -0.379 e. The number of nitrogen functional groups attached to an aromatic ring is 1. The molecule has 1 fully saturated rings. The number of anilines is 1. The van der Waals surface area contributed by atoms with E-state index in [2.05, 4.69) is 25.2 Å². The van der Waals surface area contributed by atoms with Crippen molar-refractivity contribution in [2.24, 2.45) is 0 Å². The van der Waals surface area contributed by atoms with Crippen LogP contribution in [0.4, 0.5) is 5.82 Å². The molecule has 0 saturated carbocycles. The Morgan fingerprint density at radius 3 is 3.00 bits per heavy atom.